The van der Waals surface area contributed by atoms with Gasteiger partial charge in [0.05, 0.1) is 11.8 Å². The second-order valence-corrected chi connectivity index (χ2v) is 8.33. The van der Waals surface area contributed by atoms with E-state index in [1.807, 2.05) is 11.4 Å². The van der Waals surface area contributed by atoms with E-state index in [1.165, 1.54) is 15.6 Å². The maximum atomic E-state index is 12.4. The standard InChI is InChI=1S/C14H20N2O2S2/c1-16(20(17,18)14-6-2-3-7-14)10-13-9-12(11-19-13)5-4-8-15/h9,11,14H,2-3,6-8,10,15H2,1H3. The molecule has 110 valence electrons. The molecule has 20 heavy (non-hydrogen) atoms. The highest BCUT2D eigenvalue weighted by Crippen LogP contribution is 2.28. The minimum Gasteiger partial charge on any atom is -0.320 e. The smallest absolute Gasteiger partial charge is 0.217 e. The number of rotatable bonds is 4. The van der Waals surface area contributed by atoms with E-state index in [9.17, 15) is 8.42 Å². The molecule has 0 radical (unpaired) electrons. The lowest BCUT2D eigenvalue weighted by Gasteiger charge is -2.20. The molecule has 0 unspecified atom stereocenters. The largest absolute Gasteiger partial charge is 0.320 e. The topological polar surface area (TPSA) is 63.4 Å². The predicted molar refractivity (Wildman–Crippen MR) is 82.9 cm³/mol. The zero-order valence-corrected chi connectivity index (χ0v) is 13.3. The van der Waals surface area contributed by atoms with Crippen LogP contribution in [0.25, 0.3) is 0 Å². The van der Waals surface area contributed by atoms with Crippen molar-refractivity contribution in [2.24, 2.45) is 5.73 Å². The second kappa shape index (κ2) is 6.72. The summed E-state index contributed by atoms with van der Waals surface area (Å²) in [6, 6.07) is 1.94. The summed E-state index contributed by atoms with van der Waals surface area (Å²) in [5.74, 6) is 5.76. The van der Waals surface area contributed by atoms with Gasteiger partial charge < -0.3 is 5.73 Å². The molecule has 1 aliphatic rings. The van der Waals surface area contributed by atoms with E-state index < -0.39 is 10.0 Å². The fourth-order valence-corrected chi connectivity index (χ4v) is 5.14. The van der Waals surface area contributed by atoms with Crippen LogP contribution >= 0.6 is 11.3 Å². The molecule has 1 saturated carbocycles. The fraction of sp³-hybridized carbons (Fsp3) is 0.571. The molecule has 1 heterocycles. The summed E-state index contributed by atoms with van der Waals surface area (Å²) in [6.07, 6.45) is 3.64. The number of nitrogens with two attached hydrogens (primary N) is 1. The van der Waals surface area contributed by atoms with Gasteiger partial charge in [-0.15, -0.1) is 11.3 Å². The highest BCUT2D eigenvalue weighted by molar-refractivity contribution is 7.89. The van der Waals surface area contributed by atoms with E-state index in [2.05, 4.69) is 11.8 Å². The van der Waals surface area contributed by atoms with Gasteiger partial charge in [-0.3, -0.25) is 0 Å². The molecule has 1 aromatic heterocycles. The number of hydrogen-bond acceptors (Lipinski definition) is 4. The molecule has 0 bridgehead atoms. The lowest BCUT2D eigenvalue weighted by Crippen LogP contribution is -2.34. The SMILES string of the molecule is CN(Cc1cc(C#CCN)cs1)S(=O)(=O)C1CCCC1. The highest BCUT2D eigenvalue weighted by Gasteiger charge is 2.32. The molecule has 6 heteroatoms. The second-order valence-electron chi connectivity index (χ2n) is 5.02. The average molecular weight is 312 g/mol. The molecule has 4 nitrogen and oxygen atoms in total. The lowest BCUT2D eigenvalue weighted by molar-refractivity contribution is 0.457. The Bertz CT molecular complexity index is 605. The maximum absolute atomic E-state index is 12.4. The van der Waals surface area contributed by atoms with E-state index in [4.69, 9.17) is 5.73 Å². The molecular weight excluding hydrogens is 292 g/mol. The van der Waals surface area contributed by atoms with Crippen molar-refractivity contribution in [1.82, 2.24) is 4.31 Å². The van der Waals surface area contributed by atoms with Crippen molar-refractivity contribution in [3.63, 3.8) is 0 Å². The molecule has 1 fully saturated rings. The van der Waals surface area contributed by atoms with Gasteiger partial charge in [0.2, 0.25) is 10.0 Å². The van der Waals surface area contributed by atoms with Gasteiger partial charge in [0, 0.05) is 29.4 Å². The summed E-state index contributed by atoms with van der Waals surface area (Å²) in [6.45, 7) is 0.759. The molecular formula is C14H20N2O2S2. The van der Waals surface area contributed by atoms with Gasteiger partial charge in [0.15, 0.2) is 0 Å². The van der Waals surface area contributed by atoms with Crippen LogP contribution in [0, 0.1) is 11.8 Å². The van der Waals surface area contributed by atoms with Crippen molar-refractivity contribution in [1.29, 1.82) is 0 Å². The van der Waals surface area contributed by atoms with Gasteiger partial charge >= 0.3 is 0 Å². The van der Waals surface area contributed by atoms with Gasteiger partial charge in [-0.05, 0) is 18.9 Å². The van der Waals surface area contributed by atoms with Gasteiger partial charge in [0.25, 0.3) is 0 Å². The van der Waals surface area contributed by atoms with Gasteiger partial charge in [-0.25, -0.2) is 8.42 Å². The Hall–Kier alpha value is -0.870. The van der Waals surface area contributed by atoms with Crippen LogP contribution in [-0.4, -0.2) is 31.6 Å². The molecule has 1 aromatic rings. The zero-order chi connectivity index (χ0) is 14.6. The van der Waals surface area contributed by atoms with E-state index in [0.717, 1.165) is 36.1 Å². The molecule has 0 spiro atoms. The third kappa shape index (κ3) is 3.61. The Morgan fingerprint density at radius 2 is 2.15 bits per heavy atom. The van der Waals surface area contributed by atoms with E-state index in [0.29, 0.717) is 13.1 Å². The molecule has 0 atom stereocenters. The van der Waals surface area contributed by atoms with Gasteiger partial charge in [-0.1, -0.05) is 24.7 Å². The molecule has 0 amide bonds. The molecule has 1 aliphatic carbocycles. The van der Waals surface area contributed by atoms with Gasteiger partial charge in [-0.2, -0.15) is 4.31 Å². The normalized spacial score (nSPS) is 16.4. The van der Waals surface area contributed by atoms with Crippen LogP contribution in [0.4, 0.5) is 0 Å². The Morgan fingerprint density at radius 3 is 2.80 bits per heavy atom. The third-order valence-corrected chi connectivity index (χ3v) is 6.76. The monoisotopic (exact) mass is 312 g/mol. The van der Waals surface area contributed by atoms with Crippen LogP contribution in [0.3, 0.4) is 0 Å². The van der Waals surface area contributed by atoms with E-state index in [1.54, 1.807) is 7.05 Å². The first kappa shape index (κ1) is 15.5. The molecule has 0 aromatic carbocycles. The average Bonchev–Trinajstić information content (AvgIpc) is 3.07. The molecule has 2 N–H and O–H groups in total. The Balaban J connectivity index is 2.03. The van der Waals surface area contributed by atoms with Crippen molar-refractivity contribution >= 4 is 21.4 Å². The number of thiophene rings is 1. The van der Waals surface area contributed by atoms with Crippen LogP contribution in [0.1, 0.15) is 36.1 Å². The van der Waals surface area contributed by atoms with Crippen molar-refractivity contribution < 1.29 is 8.42 Å². The van der Waals surface area contributed by atoms with Crippen molar-refractivity contribution in [2.75, 3.05) is 13.6 Å². The summed E-state index contributed by atoms with van der Waals surface area (Å²) in [4.78, 5) is 1.01. The minimum absolute atomic E-state index is 0.191. The third-order valence-electron chi connectivity index (χ3n) is 3.52. The number of sulfonamides is 1. The first-order valence-corrected chi connectivity index (χ1v) is 9.14. The Kier molecular flexibility index (Phi) is 5.22. The Morgan fingerprint density at radius 1 is 1.45 bits per heavy atom. The van der Waals surface area contributed by atoms with Crippen molar-refractivity contribution in [3.8, 4) is 11.8 Å². The number of nitrogens with zero attached hydrogens (tertiary/aromatic N) is 1. The van der Waals surface area contributed by atoms with Crippen LogP contribution in [0.15, 0.2) is 11.4 Å². The van der Waals surface area contributed by atoms with Crippen LogP contribution in [0.2, 0.25) is 0 Å². The number of hydrogen-bond donors (Lipinski definition) is 1. The first-order valence-electron chi connectivity index (χ1n) is 6.75. The molecule has 0 saturated heterocycles. The van der Waals surface area contributed by atoms with E-state index in [-0.39, 0.29) is 5.25 Å². The van der Waals surface area contributed by atoms with Crippen LogP contribution in [-0.2, 0) is 16.6 Å². The lowest BCUT2D eigenvalue weighted by atomic mass is 10.3. The summed E-state index contributed by atoms with van der Waals surface area (Å²) < 4.78 is 26.3. The van der Waals surface area contributed by atoms with Crippen LogP contribution < -0.4 is 5.73 Å². The molecule has 2 rings (SSSR count). The summed E-state index contributed by atoms with van der Waals surface area (Å²) >= 11 is 1.54. The first-order chi connectivity index (χ1) is 9.54. The van der Waals surface area contributed by atoms with Crippen LogP contribution in [0.5, 0.6) is 0 Å². The quantitative estimate of drug-likeness (QED) is 0.862. The summed E-state index contributed by atoms with van der Waals surface area (Å²) in [5, 5.41) is 1.75. The molecule has 0 aliphatic heterocycles. The fourth-order valence-electron chi connectivity index (χ4n) is 2.43. The Labute approximate surface area is 125 Å². The highest BCUT2D eigenvalue weighted by atomic mass is 32.2. The predicted octanol–water partition coefficient (Wildman–Crippen LogP) is 1.76. The van der Waals surface area contributed by atoms with E-state index >= 15 is 0 Å². The summed E-state index contributed by atoms with van der Waals surface area (Å²) in [7, 11) is -1.50. The van der Waals surface area contributed by atoms with Gasteiger partial charge in [0.1, 0.15) is 0 Å². The van der Waals surface area contributed by atoms with Crippen molar-refractivity contribution in [3.05, 3.63) is 21.9 Å². The summed E-state index contributed by atoms with van der Waals surface area (Å²) in [5.41, 5.74) is 6.24. The maximum Gasteiger partial charge on any atom is 0.217 e. The van der Waals surface area contributed by atoms with Crippen molar-refractivity contribution in [2.45, 2.75) is 37.5 Å². The minimum atomic E-state index is -3.16. The zero-order valence-electron chi connectivity index (χ0n) is 11.6.